The number of hydrogen-bond donors (Lipinski definition) is 2. The largest absolute Gasteiger partial charge is 0.397 e. The van der Waals surface area contributed by atoms with Crippen molar-refractivity contribution in [1.29, 1.82) is 0 Å². The van der Waals surface area contributed by atoms with E-state index in [2.05, 4.69) is 22.6 Å². The van der Waals surface area contributed by atoms with E-state index in [-0.39, 0.29) is 0 Å². The molecule has 0 saturated heterocycles. The van der Waals surface area contributed by atoms with Crippen LogP contribution in [0.4, 0.5) is 11.4 Å². The van der Waals surface area contributed by atoms with Gasteiger partial charge in [-0.1, -0.05) is 0 Å². The molecule has 0 aliphatic rings. The molecule has 3 nitrogen and oxygen atoms in total. The van der Waals surface area contributed by atoms with Crippen molar-refractivity contribution in [3.63, 3.8) is 0 Å². The first-order chi connectivity index (χ1) is 6.79. The monoisotopic (exact) mass is 320 g/mol. The average molecular weight is 320 g/mol. The average Bonchev–Trinajstić information content (AvgIpc) is 1.99. The van der Waals surface area contributed by atoms with Crippen molar-refractivity contribution in [2.75, 3.05) is 24.2 Å². The van der Waals surface area contributed by atoms with Gasteiger partial charge in [-0.05, 0) is 54.6 Å². The number of likely N-dealkylation sites (N-methyl/N-ethyl adjacent to an activating group) is 1. The zero-order valence-corrected chi connectivity index (χ0v) is 11.4. The summed E-state index contributed by atoms with van der Waals surface area (Å²) in [6.45, 7) is 4.12. The summed E-state index contributed by atoms with van der Waals surface area (Å²) in [6, 6.07) is 5.91. The van der Waals surface area contributed by atoms with Crippen molar-refractivity contribution < 1.29 is 5.11 Å². The van der Waals surface area contributed by atoms with E-state index in [0.717, 1.165) is 14.9 Å². The van der Waals surface area contributed by atoms with E-state index in [9.17, 15) is 5.11 Å². The molecule has 0 bridgehead atoms. The molecule has 0 heterocycles. The van der Waals surface area contributed by atoms with Gasteiger partial charge in [0, 0.05) is 17.2 Å². The van der Waals surface area contributed by atoms with Crippen LogP contribution in [0.15, 0.2) is 18.2 Å². The minimum absolute atomic E-state index is 0.553. The predicted molar refractivity (Wildman–Crippen MR) is 73.1 cm³/mol. The number of hydrogen-bond acceptors (Lipinski definition) is 3. The molecular formula is C11H17IN2O. The Morgan fingerprint density at radius 2 is 2.07 bits per heavy atom. The summed E-state index contributed by atoms with van der Waals surface area (Å²) in [6.07, 6.45) is 0. The summed E-state index contributed by atoms with van der Waals surface area (Å²) in [5, 5.41) is 9.71. The van der Waals surface area contributed by atoms with Crippen LogP contribution in [0.2, 0.25) is 0 Å². The van der Waals surface area contributed by atoms with Crippen LogP contribution in [0.5, 0.6) is 0 Å². The molecule has 0 radical (unpaired) electrons. The number of nitrogens with two attached hydrogens (primary N) is 1. The first kappa shape index (κ1) is 12.6. The minimum atomic E-state index is -0.718. The van der Waals surface area contributed by atoms with E-state index >= 15 is 0 Å². The number of nitrogen functional groups attached to an aromatic ring is 1. The Bertz CT molecular complexity index is 347. The van der Waals surface area contributed by atoms with Gasteiger partial charge in [0.15, 0.2) is 0 Å². The van der Waals surface area contributed by atoms with Gasteiger partial charge in [0.2, 0.25) is 0 Å². The third kappa shape index (κ3) is 3.87. The number of benzene rings is 1. The summed E-state index contributed by atoms with van der Waals surface area (Å²) >= 11 is 2.23. The Morgan fingerprint density at radius 3 is 2.53 bits per heavy atom. The van der Waals surface area contributed by atoms with Crippen molar-refractivity contribution in [1.82, 2.24) is 0 Å². The van der Waals surface area contributed by atoms with Crippen LogP contribution in [0.1, 0.15) is 13.8 Å². The standard InChI is InChI=1S/C11H17IN2O/c1-11(2,15)7-14(3)10-5-4-8(12)6-9(10)13/h4-6,15H,7,13H2,1-3H3. The smallest absolute Gasteiger partial charge is 0.0765 e. The molecule has 84 valence electrons. The molecule has 0 spiro atoms. The molecule has 0 aliphatic heterocycles. The van der Waals surface area contributed by atoms with Crippen molar-refractivity contribution in [3.05, 3.63) is 21.8 Å². The molecule has 1 aromatic rings. The first-order valence-electron chi connectivity index (χ1n) is 4.78. The van der Waals surface area contributed by atoms with Gasteiger partial charge in [0.25, 0.3) is 0 Å². The fraction of sp³-hybridized carbons (Fsp3) is 0.455. The maximum absolute atomic E-state index is 9.71. The molecule has 0 amide bonds. The minimum Gasteiger partial charge on any atom is -0.397 e. The molecule has 3 N–H and O–H groups in total. The van der Waals surface area contributed by atoms with E-state index in [4.69, 9.17) is 5.73 Å². The fourth-order valence-electron chi connectivity index (χ4n) is 1.54. The highest BCUT2D eigenvalue weighted by Gasteiger charge is 2.17. The molecule has 15 heavy (non-hydrogen) atoms. The molecule has 0 saturated carbocycles. The Kier molecular flexibility index (Phi) is 3.83. The quantitative estimate of drug-likeness (QED) is 0.662. The third-order valence-corrected chi connectivity index (χ3v) is 2.70. The lowest BCUT2D eigenvalue weighted by atomic mass is 10.1. The highest BCUT2D eigenvalue weighted by molar-refractivity contribution is 14.1. The lowest BCUT2D eigenvalue weighted by molar-refractivity contribution is 0.0886. The van der Waals surface area contributed by atoms with Crippen molar-refractivity contribution in [2.45, 2.75) is 19.4 Å². The lowest BCUT2D eigenvalue weighted by Gasteiger charge is -2.28. The fourth-order valence-corrected chi connectivity index (χ4v) is 2.05. The summed E-state index contributed by atoms with van der Waals surface area (Å²) in [5.41, 5.74) is 6.90. The van der Waals surface area contributed by atoms with Crippen molar-refractivity contribution >= 4 is 34.0 Å². The van der Waals surface area contributed by atoms with Crippen LogP contribution in [0.25, 0.3) is 0 Å². The number of anilines is 2. The van der Waals surface area contributed by atoms with Crippen LogP contribution < -0.4 is 10.6 Å². The van der Waals surface area contributed by atoms with Gasteiger partial charge in [-0.3, -0.25) is 0 Å². The summed E-state index contributed by atoms with van der Waals surface area (Å²) in [4.78, 5) is 1.96. The maximum atomic E-state index is 9.71. The van der Waals surface area contributed by atoms with Crippen LogP contribution in [-0.4, -0.2) is 24.3 Å². The summed E-state index contributed by atoms with van der Waals surface area (Å²) in [7, 11) is 1.93. The third-order valence-electron chi connectivity index (χ3n) is 2.02. The SMILES string of the molecule is CN(CC(C)(C)O)c1ccc(I)cc1N. The molecule has 0 atom stereocenters. The van der Waals surface area contributed by atoms with Gasteiger partial charge in [0.1, 0.15) is 0 Å². The van der Waals surface area contributed by atoms with Crippen molar-refractivity contribution in [2.24, 2.45) is 0 Å². The van der Waals surface area contributed by atoms with E-state index in [0.29, 0.717) is 6.54 Å². The van der Waals surface area contributed by atoms with Crippen molar-refractivity contribution in [3.8, 4) is 0 Å². The van der Waals surface area contributed by atoms with Gasteiger partial charge in [-0.15, -0.1) is 0 Å². The molecule has 0 unspecified atom stereocenters. The first-order valence-corrected chi connectivity index (χ1v) is 5.86. The van der Waals surface area contributed by atoms with Crippen LogP contribution in [0.3, 0.4) is 0 Å². The molecule has 4 heteroatoms. The summed E-state index contributed by atoms with van der Waals surface area (Å²) in [5.74, 6) is 0. The molecule has 0 fully saturated rings. The summed E-state index contributed by atoms with van der Waals surface area (Å²) < 4.78 is 1.12. The predicted octanol–water partition coefficient (Wildman–Crippen LogP) is 2.08. The van der Waals surface area contributed by atoms with Crippen LogP contribution in [-0.2, 0) is 0 Å². The molecule has 0 aliphatic carbocycles. The second-order valence-electron chi connectivity index (χ2n) is 4.37. The molecule has 1 aromatic carbocycles. The number of nitrogens with zero attached hydrogens (tertiary/aromatic N) is 1. The Hall–Kier alpha value is -0.490. The van der Waals surface area contributed by atoms with Crippen LogP contribution in [0, 0.1) is 3.57 Å². The highest BCUT2D eigenvalue weighted by atomic mass is 127. The van der Waals surface area contributed by atoms with E-state index in [1.807, 2.05) is 30.1 Å². The van der Waals surface area contributed by atoms with Gasteiger partial charge >= 0.3 is 0 Å². The zero-order valence-electron chi connectivity index (χ0n) is 9.29. The molecular weight excluding hydrogens is 303 g/mol. The van der Waals surface area contributed by atoms with Gasteiger partial charge in [-0.2, -0.15) is 0 Å². The lowest BCUT2D eigenvalue weighted by Crippen LogP contribution is -2.36. The topological polar surface area (TPSA) is 49.5 Å². The number of rotatable bonds is 3. The van der Waals surface area contributed by atoms with Crippen LogP contribution >= 0.6 is 22.6 Å². The van der Waals surface area contributed by atoms with Gasteiger partial charge in [-0.25, -0.2) is 0 Å². The second-order valence-corrected chi connectivity index (χ2v) is 5.62. The number of halogens is 1. The Balaban J connectivity index is 2.87. The molecule has 1 rings (SSSR count). The number of aliphatic hydroxyl groups is 1. The normalized spacial score (nSPS) is 11.5. The van der Waals surface area contributed by atoms with E-state index in [1.54, 1.807) is 13.8 Å². The highest BCUT2D eigenvalue weighted by Crippen LogP contribution is 2.25. The maximum Gasteiger partial charge on any atom is 0.0765 e. The molecule has 0 aromatic heterocycles. The van der Waals surface area contributed by atoms with E-state index < -0.39 is 5.60 Å². The van der Waals surface area contributed by atoms with Gasteiger partial charge < -0.3 is 15.7 Å². The second kappa shape index (κ2) is 4.57. The zero-order chi connectivity index (χ0) is 11.6. The van der Waals surface area contributed by atoms with E-state index in [1.165, 1.54) is 0 Å². The Labute approximate surface area is 104 Å². The van der Waals surface area contributed by atoms with Gasteiger partial charge in [0.05, 0.1) is 17.0 Å². The Morgan fingerprint density at radius 1 is 1.47 bits per heavy atom.